The molecule has 3 aromatic carbocycles. The van der Waals surface area contributed by atoms with E-state index >= 15 is 0 Å². The third-order valence-electron chi connectivity index (χ3n) is 5.00. The quantitative estimate of drug-likeness (QED) is 0.525. The van der Waals surface area contributed by atoms with Crippen LogP contribution in [0.25, 0.3) is 0 Å². The fourth-order valence-electron chi connectivity index (χ4n) is 3.46. The Morgan fingerprint density at radius 3 is 2.03 bits per heavy atom. The van der Waals surface area contributed by atoms with Crippen molar-refractivity contribution in [3.05, 3.63) is 102 Å². The lowest BCUT2D eigenvalue weighted by Crippen LogP contribution is -2.44. The highest BCUT2D eigenvalue weighted by Crippen LogP contribution is 2.25. The van der Waals surface area contributed by atoms with E-state index in [4.69, 9.17) is 0 Å². The van der Waals surface area contributed by atoms with Gasteiger partial charge in [-0.05, 0) is 35.7 Å². The number of halogens is 2. The van der Waals surface area contributed by atoms with Crippen molar-refractivity contribution in [2.75, 3.05) is 7.05 Å². The van der Waals surface area contributed by atoms with Gasteiger partial charge in [-0.25, -0.2) is 0 Å². The van der Waals surface area contributed by atoms with E-state index < -0.39 is 12.7 Å². The third-order valence-corrected chi connectivity index (χ3v) is 5.00. The smallest absolute Gasteiger partial charge is 0.387 e. The molecule has 0 radical (unpaired) electrons. The lowest BCUT2D eigenvalue weighted by atomic mass is 9.97. The lowest BCUT2D eigenvalue weighted by Gasteiger charge is -2.27. The Morgan fingerprint density at radius 2 is 1.45 bits per heavy atom. The van der Waals surface area contributed by atoms with Crippen molar-refractivity contribution in [1.29, 1.82) is 0 Å². The van der Waals surface area contributed by atoms with Gasteiger partial charge in [0, 0.05) is 13.6 Å². The van der Waals surface area contributed by atoms with Crippen LogP contribution in [0.5, 0.6) is 5.75 Å². The van der Waals surface area contributed by atoms with Crippen molar-refractivity contribution in [2.24, 2.45) is 0 Å². The number of likely N-dealkylation sites (N-methyl/N-ethyl adjacent to an activating group) is 1. The molecule has 1 N–H and O–H groups in total. The van der Waals surface area contributed by atoms with E-state index in [-0.39, 0.29) is 17.7 Å². The standard InChI is InChI=1S/C25H26F2N2O2/c1-18(24(30)29(2)17-19-9-5-3-6-10-19)28-23(20-11-7-4-8-12-20)21-13-15-22(16-14-21)31-25(26)27/h3-16,18,23,25,28H,17H2,1-2H3/t18-,23+/m1/s1. The SMILES string of the molecule is C[C@@H](N[C@@H](c1ccccc1)c1ccc(OC(F)F)cc1)C(=O)N(C)Cc1ccccc1. The molecule has 0 spiro atoms. The Bertz CT molecular complexity index is 950. The molecule has 0 saturated heterocycles. The minimum Gasteiger partial charge on any atom is -0.435 e. The Balaban J connectivity index is 1.76. The molecule has 0 aliphatic carbocycles. The number of hydrogen-bond donors (Lipinski definition) is 1. The molecule has 0 saturated carbocycles. The Kier molecular flexibility index (Phi) is 7.73. The van der Waals surface area contributed by atoms with Crippen LogP contribution in [0.4, 0.5) is 8.78 Å². The molecule has 0 fully saturated rings. The molecule has 0 bridgehead atoms. The van der Waals surface area contributed by atoms with Gasteiger partial charge in [0.15, 0.2) is 0 Å². The fraction of sp³-hybridized carbons (Fsp3) is 0.240. The average molecular weight is 424 g/mol. The number of hydrogen-bond acceptors (Lipinski definition) is 3. The lowest BCUT2D eigenvalue weighted by molar-refractivity contribution is -0.132. The number of amides is 1. The summed E-state index contributed by atoms with van der Waals surface area (Å²) < 4.78 is 29.4. The summed E-state index contributed by atoms with van der Waals surface area (Å²) in [6.07, 6.45) is 0. The van der Waals surface area contributed by atoms with Crippen LogP contribution in [0, 0.1) is 0 Å². The van der Waals surface area contributed by atoms with Gasteiger partial charge in [-0.15, -0.1) is 0 Å². The first kappa shape index (κ1) is 22.4. The number of carbonyl (C=O) groups excluding carboxylic acids is 1. The van der Waals surface area contributed by atoms with E-state index in [0.29, 0.717) is 6.54 Å². The molecule has 2 atom stereocenters. The van der Waals surface area contributed by atoms with Crippen molar-refractivity contribution < 1.29 is 18.3 Å². The van der Waals surface area contributed by atoms with Gasteiger partial charge >= 0.3 is 6.61 Å². The number of carbonyl (C=O) groups is 1. The zero-order valence-electron chi connectivity index (χ0n) is 17.5. The summed E-state index contributed by atoms with van der Waals surface area (Å²) in [5.41, 5.74) is 2.87. The highest BCUT2D eigenvalue weighted by atomic mass is 19.3. The van der Waals surface area contributed by atoms with Gasteiger partial charge in [0.2, 0.25) is 5.91 Å². The number of benzene rings is 3. The van der Waals surface area contributed by atoms with Crippen LogP contribution >= 0.6 is 0 Å². The van der Waals surface area contributed by atoms with Crippen LogP contribution in [-0.4, -0.2) is 30.5 Å². The number of nitrogens with one attached hydrogen (secondary N) is 1. The van der Waals surface area contributed by atoms with E-state index in [9.17, 15) is 13.6 Å². The summed E-state index contributed by atoms with van der Waals surface area (Å²) in [5.74, 6) is 0.0553. The molecule has 1 amide bonds. The maximum absolute atomic E-state index is 13.0. The van der Waals surface area contributed by atoms with Crippen LogP contribution in [0.1, 0.15) is 29.7 Å². The predicted molar refractivity (Wildman–Crippen MR) is 117 cm³/mol. The molecule has 0 aromatic heterocycles. The van der Waals surface area contributed by atoms with Crippen molar-refractivity contribution in [2.45, 2.75) is 32.2 Å². The van der Waals surface area contributed by atoms with Crippen LogP contribution in [0.2, 0.25) is 0 Å². The highest BCUT2D eigenvalue weighted by molar-refractivity contribution is 5.81. The molecule has 31 heavy (non-hydrogen) atoms. The topological polar surface area (TPSA) is 41.6 Å². The van der Waals surface area contributed by atoms with Gasteiger partial charge in [0.05, 0.1) is 12.1 Å². The summed E-state index contributed by atoms with van der Waals surface area (Å²) in [6, 6.07) is 25.2. The van der Waals surface area contributed by atoms with E-state index in [1.54, 1.807) is 24.1 Å². The fourth-order valence-corrected chi connectivity index (χ4v) is 3.46. The summed E-state index contributed by atoms with van der Waals surface area (Å²) in [6.45, 7) is -0.526. The first-order chi connectivity index (χ1) is 14.9. The Hall–Kier alpha value is -3.25. The van der Waals surface area contributed by atoms with Crippen molar-refractivity contribution in [3.8, 4) is 5.75 Å². The number of rotatable bonds is 9. The second-order valence-corrected chi connectivity index (χ2v) is 7.36. The molecule has 162 valence electrons. The molecule has 6 heteroatoms. The van der Waals surface area contributed by atoms with E-state index in [1.807, 2.05) is 67.6 Å². The Labute approximate surface area is 181 Å². The monoisotopic (exact) mass is 424 g/mol. The van der Waals surface area contributed by atoms with Crippen molar-refractivity contribution >= 4 is 5.91 Å². The van der Waals surface area contributed by atoms with Gasteiger partial charge in [-0.1, -0.05) is 72.8 Å². The van der Waals surface area contributed by atoms with Gasteiger partial charge in [-0.3, -0.25) is 10.1 Å². The van der Waals surface area contributed by atoms with Crippen LogP contribution in [0.3, 0.4) is 0 Å². The largest absolute Gasteiger partial charge is 0.435 e. The minimum absolute atomic E-state index is 0.0394. The van der Waals surface area contributed by atoms with Gasteiger partial charge in [-0.2, -0.15) is 8.78 Å². The molecular formula is C25H26F2N2O2. The van der Waals surface area contributed by atoms with E-state index in [2.05, 4.69) is 10.1 Å². The first-order valence-corrected chi connectivity index (χ1v) is 10.1. The van der Waals surface area contributed by atoms with Crippen molar-refractivity contribution in [1.82, 2.24) is 10.2 Å². The minimum atomic E-state index is -2.87. The molecule has 0 heterocycles. The van der Waals surface area contributed by atoms with Crippen LogP contribution in [0.15, 0.2) is 84.9 Å². The van der Waals surface area contributed by atoms with Gasteiger partial charge in [0.25, 0.3) is 0 Å². The maximum atomic E-state index is 13.0. The third kappa shape index (κ3) is 6.36. The molecule has 0 aliphatic heterocycles. The van der Waals surface area contributed by atoms with E-state index in [0.717, 1.165) is 16.7 Å². The average Bonchev–Trinajstić information content (AvgIpc) is 2.78. The summed E-state index contributed by atoms with van der Waals surface area (Å²) in [7, 11) is 1.78. The second-order valence-electron chi connectivity index (χ2n) is 7.36. The summed E-state index contributed by atoms with van der Waals surface area (Å²) in [4.78, 5) is 14.7. The highest BCUT2D eigenvalue weighted by Gasteiger charge is 2.23. The van der Waals surface area contributed by atoms with Crippen molar-refractivity contribution in [3.63, 3.8) is 0 Å². The molecular weight excluding hydrogens is 398 g/mol. The molecule has 3 aromatic rings. The Morgan fingerprint density at radius 1 is 0.903 bits per heavy atom. The van der Waals surface area contributed by atoms with Gasteiger partial charge in [0.1, 0.15) is 5.75 Å². The predicted octanol–water partition coefficient (Wildman–Crippen LogP) is 5.01. The zero-order valence-corrected chi connectivity index (χ0v) is 17.5. The number of alkyl halides is 2. The molecule has 0 unspecified atom stereocenters. The molecule has 4 nitrogen and oxygen atoms in total. The summed E-state index contributed by atoms with van der Waals surface area (Å²) >= 11 is 0. The van der Waals surface area contributed by atoms with E-state index in [1.165, 1.54) is 12.1 Å². The number of nitrogens with zero attached hydrogens (tertiary/aromatic N) is 1. The summed E-state index contributed by atoms with van der Waals surface area (Å²) in [5, 5.41) is 3.40. The van der Waals surface area contributed by atoms with Crippen LogP contribution < -0.4 is 10.1 Å². The molecule has 3 rings (SSSR count). The number of ether oxygens (including phenoxy) is 1. The normalized spacial score (nSPS) is 12.9. The first-order valence-electron chi connectivity index (χ1n) is 10.1. The van der Waals surface area contributed by atoms with Crippen LogP contribution in [-0.2, 0) is 11.3 Å². The second kappa shape index (κ2) is 10.7. The molecule has 0 aliphatic rings. The maximum Gasteiger partial charge on any atom is 0.387 e. The van der Waals surface area contributed by atoms with Gasteiger partial charge < -0.3 is 9.64 Å². The zero-order chi connectivity index (χ0) is 22.2.